The molecule has 114 valence electrons. The second-order valence-electron chi connectivity index (χ2n) is 4.40. The number of guanidine groups is 1. The van der Waals surface area contributed by atoms with Crippen LogP contribution in [0.2, 0.25) is 0 Å². The van der Waals surface area contributed by atoms with Gasteiger partial charge in [0.25, 0.3) is 0 Å². The highest BCUT2D eigenvalue weighted by molar-refractivity contribution is 7.98. The molecule has 0 atom stereocenters. The highest BCUT2D eigenvalue weighted by atomic mass is 32.2. The molecule has 4 nitrogen and oxygen atoms in total. The molecule has 1 heterocycles. The molecule has 0 aromatic carbocycles. The van der Waals surface area contributed by atoms with Crippen LogP contribution in [0, 0.1) is 0 Å². The molecular formula is C14H26N4S2. The van der Waals surface area contributed by atoms with Crippen LogP contribution in [0.15, 0.2) is 11.2 Å². The smallest absolute Gasteiger partial charge is 0.191 e. The molecular weight excluding hydrogens is 288 g/mol. The summed E-state index contributed by atoms with van der Waals surface area (Å²) in [4.78, 5) is 10.3. The summed E-state index contributed by atoms with van der Waals surface area (Å²) in [6, 6.07) is 0. The van der Waals surface area contributed by atoms with Gasteiger partial charge < -0.3 is 10.6 Å². The standard InChI is InChI=1S/C14H26N4S2/c1-4-12-10-17-13(20-12)11-18-14(15-5-2)16-8-6-7-9-19-3/h10H,4-9,11H2,1-3H3,(H2,15,16,18). The lowest BCUT2D eigenvalue weighted by molar-refractivity contribution is 0.734. The van der Waals surface area contributed by atoms with E-state index in [1.54, 1.807) is 11.3 Å². The van der Waals surface area contributed by atoms with Gasteiger partial charge in [0.2, 0.25) is 0 Å². The molecule has 1 aromatic rings. The summed E-state index contributed by atoms with van der Waals surface area (Å²) in [6.07, 6.45) is 7.59. The van der Waals surface area contributed by atoms with Crippen LogP contribution in [0.3, 0.4) is 0 Å². The summed E-state index contributed by atoms with van der Waals surface area (Å²) >= 11 is 3.65. The Morgan fingerprint density at radius 1 is 1.35 bits per heavy atom. The fourth-order valence-electron chi connectivity index (χ4n) is 1.65. The largest absolute Gasteiger partial charge is 0.357 e. The molecule has 0 radical (unpaired) electrons. The molecule has 0 aliphatic rings. The van der Waals surface area contributed by atoms with E-state index in [0.717, 1.165) is 30.5 Å². The Hall–Kier alpha value is -0.750. The zero-order valence-electron chi connectivity index (χ0n) is 12.7. The van der Waals surface area contributed by atoms with E-state index in [9.17, 15) is 0 Å². The quantitative estimate of drug-likeness (QED) is 0.418. The zero-order valence-corrected chi connectivity index (χ0v) is 14.4. The van der Waals surface area contributed by atoms with Crippen LogP contribution in [-0.4, -0.2) is 36.0 Å². The second kappa shape index (κ2) is 11.0. The van der Waals surface area contributed by atoms with Gasteiger partial charge in [-0.25, -0.2) is 9.98 Å². The van der Waals surface area contributed by atoms with Crippen LogP contribution in [0.1, 0.15) is 36.6 Å². The Bertz CT molecular complexity index is 390. The first-order valence-electron chi connectivity index (χ1n) is 7.24. The molecule has 0 saturated carbocycles. The molecule has 6 heteroatoms. The van der Waals surface area contributed by atoms with E-state index >= 15 is 0 Å². The van der Waals surface area contributed by atoms with E-state index in [1.165, 1.54) is 23.5 Å². The van der Waals surface area contributed by atoms with Gasteiger partial charge in [-0.15, -0.1) is 11.3 Å². The van der Waals surface area contributed by atoms with Gasteiger partial charge in [0.05, 0.1) is 6.54 Å². The van der Waals surface area contributed by atoms with Gasteiger partial charge in [0, 0.05) is 24.2 Å². The first-order chi connectivity index (χ1) is 9.80. The van der Waals surface area contributed by atoms with Gasteiger partial charge in [-0.05, 0) is 38.2 Å². The van der Waals surface area contributed by atoms with Crippen molar-refractivity contribution in [3.05, 3.63) is 16.1 Å². The lowest BCUT2D eigenvalue weighted by atomic mass is 10.3. The molecule has 0 aliphatic carbocycles. The van der Waals surface area contributed by atoms with E-state index in [-0.39, 0.29) is 0 Å². The maximum Gasteiger partial charge on any atom is 0.191 e. The Morgan fingerprint density at radius 3 is 2.85 bits per heavy atom. The summed E-state index contributed by atoms with van der Waals surface area (Å²) in [7, 11) is 0. The Labute approximate surface area is 130 Å². The maximum atomic E-state index is 4.59. The van der Waals surface area contributed by atoms with E-state index < -0.39 is 0 Å². The average molecular weight is 315 g/mol. The van der Waals surface area contributed by atoms with Crippen LogP contribution < -0.4 is 10.6 Å². The number of hydrogen-bond acceptors (Lipinski definition) is 4. The maximum absolute atomic E-state index is 4.59. The molecule has 0 unspecified atom stereocenters. The molecule has 0 spiro atoms. The van der Waals surface area contributed by atoms with Crippen molar-refractivity contribution in [3.63, 3.8) is 0 Å². The summed E-state index contributed by atoms with van der Waals surface area (Å²) in [5.41, 5.74) is 0. The van der Waals surface area contributed by atoms with Crippen molar-refractivity contribution in [2.45, 2.75) is 39.7 Å². The summed E-state index contributed by atoms with van der Waals surface area (Å²) in [5, 5.41) is 7.74. The lowest BCUT2D eigenvalue weighted by Gasteiger charge is -2.10. The van der Waals surface area contributed by atoms with Crippen molar-refractivity contribution < 1.29 is 0 Å². The molecule has 0 saturated heterocycles. The Morgan fingerprint density at radius 2 is 2.20 bits per heavy atom. The topological polar surface area (TPSA) is 49.3 Å². The number of thioether (sulfide) groups is 1. The van der Waals surface area contributed by atoms with E-state index in [2.05, 4.69) is 40.7 Å². The van der Waals surface area contributed by atoms with Crippen molar-refractivity contribution in [1.82, 2.24) is 15.6 Å². The molecule has 0 fully saturated rings. The number of thiazole rings is 1. The van der Waals surface area contributed by atoms with Gasteiger partial charge in [0.15, 0.2) is 5.96 Å². The molecule has 0 bridgehead atoms. The van der Waals surface area contributed by atoms with Crippen LogP contribution in [-0.2, 0) is 13.0 Å². The minimum Gasteiger partial charge on any atom is -0.357 e. The van der Waals surface area contributed by atoms with Crippen molar-refractivity contribution in [2.75, 3.05) is 25.1 Å². The predicted molar refractivity (Wildman–Crippen MR) is 91.9 cm³/mol. The number of aliphatic imine (C=N–C) groups is 1. The van der Waals surface area contributed by atoms with Gasteiger partial charge in [0.1, 0.15) is 5.01 Å². The van der Waals surface area contributed by atoms with Gasteiger partial charge in [-0.2, -0.15) is 11.8 Å². The highest BCUT2D eigenvalue weighted by Gasteiger charge is 2.01. The third-order valence-corrected chi connectivity index (χ3v) is 4.56. The first-order valence-corrected chi connectivity index (χ1v) is 9.45. The zero-order chi connectivity index (χ0) is 14.6. The molecule has 0 amide bonds. The minimum atomic E-state index is 0.658. The predicted octanol–water partition coefficient (Wildman–Crippen LogP) is 2.90. The summed E-state index contributed by atoms with van der Waals surface area (Å²) in [5.74, 6) is 2.12. The van der Waals surface area contributed by atoms with Crippen molar-refractivity contribution in [2.24, 2.45) is 4.99 Å². The average Bonchev–Trinajstić information content (AvgIpc) is 2.92. The van der Waals surface area contributed by atoms with Crippen LogP contribution >= 0.6 is 23.1 Å². The molecule has 20 heavy (non-hydrogen) atoms. The number of unbranched alkanes of at least 4 members (excludes halogenated alkanes) is 1. The van der Waals surface area contributed by atoms with Gasteiger partial charge >= 0.3 is 0 Å². The fourth-order valence-corrected chi connectivity index (χ4v) is 2.93. The number of nitrogens with one attached hydrogen (secondary N) is 2. The van der Waals surface area contributed by atoms with Crippen molar-refractivity contribution in [3.8, 4) is 0 Å². The highest BCUT2D eigenvalue weighted by Crippen LogP contribution is 2.13. The van der Waals surface area contributed by atoms with Crippen molar-refractivity contribution >= 4 is 29.1 Å². The number of aryl methyl sites for hydroxylation is 1. The monoisotopic (exact) mass is 314 g/mol. The minimum absolute atomic E-state index is 0.658. The molecule has 1 rings (SSSR count). The third kappa shape index (κ3) is 7.14. The van der Waals surface area contributed by atoms with Gasteiger partial charge in [-0.1, -0.05) is 6.92 Å². The lowest BCUT2D eigenvalue weighted by Crippen LogP contribution is -2.37. The van der Waals surface area contributed by atoms with E-state index in [0.29, 0.717) is 6.54 Å². The third-order valence-electron chi connectivity index (χ3n) is 2.73. The van der Waals surface area contributed by atoms with E-state index in [4.69, 9.17) is 0 Å². The molecule has 1 aromatic heterocycles. The number of hydrogen-bond donors (Lipinski definition) is 2. The number of nitrogens with zero attached hydrogens (tertiary/aromatic N) is 2. The van der Waals surface area contributed by atoms with Crippen LogP contribution in [0.4, 0.5) is 0 Å². The fraction of sp³-hybridized carbons (Fsp3) is 0.714. The molecule has 2 N–H and O–H groups in total. The number of rotatable bonds is 9. The second-order valence-corrected chi connectivity index (χ2v) is 6.58. The van der Waals surface area contributed by atoms with Crippen LogP contribution in [0.5, 0.6) is 0 Å². The van der Waals surface area contributed by atoms with Gasteiger partial charge in [-0.3, -0.25) is 0 Å². The summed E-state index contributed by atoms with van der Waals surface area (Å²) in [6.45, 7) is 6.76. The van der Waals surface area contributed by atoms with Crippen LogP contribution in [0.25, 0.3) is 0 Å². The first kappa shape index (κ1) is 17.3. The Balaban J connectivity index is 2.37. The normalized spacial score (nSPS) is 11.7. The number of aromatic nitrogens is 1. The SMILES string of the molecule is CCNC(=NCc1ncc(CC)s1)NCCCCSC. The van der Waals surface area contributed by atoms with E-state index in [1.807, 2.05) is 18.0 Å². The summed E-state index contributed by atoms with van der Waals surface area (Å²) < 4.78 is 0. The van der Waals surface area contributed by atoms with Crippen molar-refractivity contribution in [1.29, 1.82) is 0 Å². The molecule has 0 aliphatic heterocycles. The Kier molecular flexibility index (Phi) is 9.49.